The van der Waals surface area contributed by atoms with Crippen LogP contribution in [0.2, 0.25) is 0 Å². The first-order chi connectivity index (χ1) is 13.0. The maximum absolute atomic E-state index is 12.0. The van der Waals surface area contributed by atoms with Crippen molar-refractivity contribution < 1.29 is 14.6 Å². The molecule has 3 nitrogen and oxygen atoms in total. The minimum absolute atomic E-state index is 0.149. The van der Waals surface area contributed by atoms with Gasteiger partial charge in [-0.25, -0.2) is 4.79 Å². The summed E-state index contributed by atoms with van der Waals surface area (Å²) in [6.07, 6.45) is 9.50. The third kappa shape index (κ3) is 2.99. The number of aryl methyl sites for hydroxylation is 2. The molecule has 0 aromatic heterocycles. The molecular formula is C24H32O3. The molecule has 0 amide bonds. The molecule has 3 aliphatic rings. The summed E-state index contributed by atoms with van der Waals surface area (Å²) in [6, 6.07) is 4.31. The summed E-state index contributed by atoms with van der Waals surface area (Å²) in [5.41, 5.74) is 5.39. The summed E-state index contributed by atoms with van der Waals surface area (Å²) in [4.78, 5) is 12.0. The third-order valence-corrected chi connectivity index (χ3v) is 7.73. The SMILES string of the molecule is CCOC(=O)C=C1CCC2C3CCc4cc(O)c(CC)cc4C3CC[C@]12C. The van der Waals surface area contributed by atoms with Crippen LogP contribution >= 0.6 is 0 Å². The Morgan fingerprint density at radius 1 is 1.26 bits per heavy atom. The Labute approximate surface area is 162 Å². The van der Waals surface area contributed by atoms with E-state index in [0.29, 0.717) is 30.1 Å². The van der Waals surface area contributed by atoms with Crippen molar-refractivity contribution in [3.05, 3.63) is 40.5 Å². The highest BCUT2D eigenvalue weighted by Gasteiger charge is 2.52. The zero-order chi connectivity index (χ0) is 19.2. The molecule has 3 aliphatic carbocycles. The Bertz CT molecular complexity index is 778. The highest BCUT2D eigenvalue weighted by atomic mass is 16.5. The summed E-state index contributed by atoms with van der Waals surface area (Å²) in [5, 5.41) is 10.3. The fourth-order valence-corrected chi connectivity index (χ4v) is 6.35. The zero-order valence-corrected chi connectivity index (χ0v) is 16.9. The molecular weight excluding hydrogens is 336 g/mol. The van der Waals surface area contributed by atoms with E-state index in [1.807, 2.05) is 13.0 Å². The second-order valence-electron chi connectivity index (χ2n) is 8.87. The number of carbonyl (C=O) groups excluding carboxylic acids is 1. The molecule has 3 unspecified atom stereocenters. The lowest BCUT2D eigenvalue weighted by Gasteiger charge is -2.49. The maximum atomic E-state index is 12.0. The molecule has 2 fully saturated rings. The monoisotopic (exact) mass is 368 g/mol. The van der Waals surface area contributed by atoms with E-state index in [2.05, 4.69) is 19.9 Å². The minimum Gasteiger partial charge on any atom is -0.508 e. The first-order valence-electron chi connectivity index (χ1n) is 10.7. The number of rotatable bonds is 3. The average Bonchev–Trinajstić information content (AvgIpc) is 2.97. The molecule has 0 radical (unpaired) electrons. The molecule has 0 heterocycles. The highest BCUT2D eigenvalue weighted by Crippen LogP contribution is 2.63. The van der Waals surface area contributed by atoms with E-state index in [0.717, 1.165) is 31.2 Å². The normalized spacial score (nSPS) is 33.3. The molecule has 1 aromatic rings. The van der Waals surface area contributed by atoms with Gasteiger partial charge in [-0.15, -0.1) is 0 Å². The van der Waals surface area contributed by atoms with E-state index in [1.54, 1.807) is 6.08 Å². The number of hydrogen-bond donors (Lipinski definition) is 1. The van der Waals surface area contributed by atoms with Gasteiger partial charge >= 0.3 is 5.97 Å². The van der Waals surface area contributed by atoms with Crippen LogP contribution in [0.3, 0.4) is 0 Å². The Morgan fingerprint density at radius 3 is 2.81 bits per heavy atom. The molecule has 0 spiro atoms. The summed E-state index contributed by atoms with van der Waals surface area (Å²) >= 11 is 0. The second-order valence-corrected chi connectivity index (χ2v) is 8.87. The second kappa shape index (κ2) is 7.00. The number of carbonyl (C=O) groups is 1. The van der Waals surface area contributed by atoms with Crippen LogP contribution in [0.4, 0.5) is 0 Å². The number of hydrogen-bond acceptors (Lipinski definition) is 3. The fourth-order valence-electron chi connectivity index (χ4n) is 6.35. The average molecular weight is 369 g/mol. The van der Waals surface area contributed by atoms with E-state index in [9.17, 15) is 9.90 Å². The first-order valence-corrected chi connectivity index (χ1v) is 10.7. The minimum atomic E-state index is -0.173. The lowest BCUT2D eigenvalue weighted by Crippen LogP contribution is -2.40. The van der Waals surface area contributed by atoms with Crippen LogP contribution in [-0.4, -0.2) is 17.7 Å². The summed E-state index contributed by atoms with van der Waals surface area (Å²) in [5.74, 6) is 2.26. The summed E-state index contributed by atoms with van der Waals surface area (Å²) < 4.78 is 5.18. The zero-order valence-electron chi connectivity index (χ0n) is 16.9. The highest BCUT2D eigenvalue weighted by molar-refractivity contribution is 5.83. The number of aromatic hydroxyl groups is 1. The number of fused-ring (bicyclic) bond motifs is 5. The predicted molar refractivity (Wildman–Crippen MR) is 107 cm³/mol. The smallest absolute Gasteiger partial charge is 0.330 e. The third-order valence-electron chi connectivity index (χ3n) is 7.73. The van der Waals surface area contributed by atoms with Crippen LogP contribution in [0.1, 0.15) is 75.5 Å². The standard InChI is InChI=1S/C24H32O3/c1-4-15-12-20-16(13-22(15)25)6-8-19-18(20)10-11-24(3)17(7-9-21(19)24)14-23(26)27-5-2/h12-14,18-19,21,25H,4-11H2,1-3H3/t18?,19?,21?,24-/m1/s1. The summed E-state index contributed by atoms with van der Waals surface area (Å²) in [7, 11) is 0. The van der Waals surface area contributed by atoms with Crippen molar-refractivity contribution in [3.63, 3.8) is 0 Å². The van der Waals surface area contributed by atoms with E-state index < -0.39 is 0 Å². The maximum Gasteiger partial charge on any atom is 0.330 e. The quantitative estimate of drug-likeness (QED) is 0.582. The van der Waals surface area contributed by atoms with Gasteiger partial charge < -0.3 is 9.84 Å². The van der Waals surface area contributed by atoms with Gasteiger partial charge in [0.1, 0.15) is 5.75 Å². The van der Waals surface area contributed by atoms with Gasteiger partial charge in [-0.1, -0.05) is 25.5 Å². The lowest BCUT2D eigenvalue weighted by molar-refractivity contribution is -0.137. The van der Waals surface area contributed by atoms with E-state index in [1.165, 1.54) is 36.0 Å². The summed E-state index contributed by atoms with van der Waals surface area (Å²) in [6.45, 7) is 6.80. The Balaban J connectivity index is 1.64. The van der Waals surface area contributed by atoms with E-state index in [4.69, 9.17) is 4.74 Å². The van der Waals surface area contributed by atoms with E-state index in [-0.39, 0.29) is 11.4 Å². The van der Waals surface area contributed by atoms with Crippen molar-refractivity contribution in [3.8, 4) is 5.75 Å². The van der Waals surface area contributed by atoms with Gasteiger partial charge in [0, 0.05) is 6.08 Å². The Hall–Kier alpha value is -1.77. The van der Waals surface area contributed by atoms with E-state index >= 15 is 0 Å². The van der Waals surface area contributed by atoms with Gasteiger partial charge in [0.25, 0.3) is 0 Å². The fraction of sp³-hybridized carbons (Fsp3) is 0.625. The van der Waals surface area contributed by atoms with Crippen molar-refractivity contribution >= 4 is 5.97 Å². The Kier molecular flexibility index (Phi) is 4.82. The van der Waals surface area contributed by atoms with Crippen LogP contribution in [0, 0.1) is 17.3 Å². The van der Waals surface area contributed by atoms with Gasteiger partial charge in [-0.3, -0.25) is 0 Å². The topological polar surface area (TPSA) is 46.5 Å². The van der Waals surface area contributed by atoms with Crippen molar-refractivity contribution in [1.29, 1.82) is 0 Å². The number of esters is 1. The van der Waals surface area contributed by atoms with Crippen molar-refractivity contribution in [2.45, 2.75) is 71.6 Å². The molecule has 3 heteroatoms. The van der Waals surface area contributed by atoms with Crippen LogP contribution in [-0.2, 0) is 22.4 Å². The largest absolute Gasteiger partial charge is 0.508 e. The molecule has 27 heavy (non-hydrogen) atoms. The van der Waals surface area contributed by atoms with Crippen LogP contribution in [0.15, 0.2) is 23.8 Å². The number of allylic oxidation sites excluding steroid dienone is 1. The van der Waals surface area contributed by atoms with Gasteiger partial charge in [0.2, 0.25) is 0 Å². The molecule has 4 rings (SSSR count). The first kappa shape index (κ1) is 18.6. The van der Waals surface area contributed by atoms with Crippen LogP contribution in [0.5, 0.6) is 5.75 Å². The molecule has 2 saturated carbocycles. The van der Waals surface area contributed by atoms with Gasteiger partial charge in [0.05, 0.1) is 6.61 Å². The number of phenols is 1. The number of phenolic OH excluding ortho intramolecular Hbond substituents is 1. The van der Waals surface area contributed by atoms with Crippen molar-refractivity contribution in [1.82, 2.24) is 0 Å². The molecule has 1 aromatic carbocycles. The van der Waals surface area contributed by atoms with Crippen LogP contribution < -0.4 is 0 Å². The van der Waals surface area contributed by atoms with Gasteiger partial charge in [-0.05, 0) is 97.8 Å². The van der Waals surface area contributed by atoms with Gasteiger partial charge in [-0.2, -0.15) is 0 Å². The molecule has 4 atom stereocenters. The lowest BCUT2D eigenvalue weighted by atomic mass is 9.55. The predicted octanol–water partition coefficient (Wildman–Crippen LogP) is 5.30. The van der Waals surface area contributed by atoms with Crippen LogP contribution in [0.25, 0.3) is 0 Å². The van der Waals surface area contributed by atoms with Crippen molar-refractivity contribution in [2.24, 2.45) is 17.3 Å². The van der Waals surface area contributed by atoms with Crippen molar-refractivity contribution in [2.75, 3.05) is 6.61 Å². The number of benzene rings is 1. The molecule has 0 bridgehead atoms. The number of ether oxygens (including phenoxy) is 1. The molecule has 146 valence electrons. The Morgan fingerprint density at radius 2 is 2.07 bits per heavy atom. The molecule has 1 N–H and O–H groups in total. The molecule has 0 saturated heterocycles. The molecule has 0 aliphatic heterocycles. The van der Waals surface area contributed by atoms with Gasteiger partial charge in [0.15, 0.2) is 0 Å².